The van der Waals surface area contributed by atoms with Crippen LogP contribution in [0, 0.1) is 5.92 Å². The number of piperidine rings is 1. The molecule has 13 heavy (non-hydrogen) atoms. The molecule has 1 atom stereocenters. The summed E-state index contributed by atoms with van der Waals surface area (Å²) < 4.78 is 5.62. The minimum absolute atomic E-state index is 0.00673. The van der Waals surface area contributed by atoms with Gasteiger partial charge in [0.25, 0.3) is 0 Å². The Hall–Kier alpha value is -0.570. The third-order valence-corrected chi connectivity index (χ3v) is 2.63. The molecule has 0 aromatic carbocycles. The van der Waals surface area contributed by atoms with Crippen molar-refractivity contribution in [1.29, 1.82) is 0 Å². The first-order chi connectivity index (χ1) is 6.17. The molecule has 1 unspecified atom stereocenters. The maximum absolute atomic E-state index is 5.62. The van der Waals surface area contributed by atoms with Gasteiger partial charge in [-0.3, -0.25) is 0 Å². The molecule has 74 valence electrons. The van der Waals surface area contributed by atoms with Crippen LogP contribution >= 0.6 is 0 Å². The number of nitrogens with zero attached hydrogens (tertiary/aromatic N) is 1. The number of ether oxygens (including phenoxy) is 1. The molecule has 0 amide bonds. The van der Waals surface area contributed by atoms with Crippen molar-refractivity contribution in [2.45, 2.75) is 32.2 Å². The van der Waals surface area contributed by atoms with Gasteiger partial charge in [-0.05, 0) is 33.2 Å². The summed E-state index contributed by atoms with van der Waals surface area (Å²) in [6.07, 6.45) is 2.47. The summed E-state index contributed by atoms with van der Waals surface area (Å²) in [5.74, 6) is 1.51. The Morgan fingerprint density at radius 2 is 2.38 bits per heavy atom. The third kappa shape index (κ3) is 2.02. The highest BCUT2D eigenvalue weighted by Crippen LogP contribution is 2.23. The molecule has 0 bridgehead atoms. The Labute approximate surface area is 79.6 Å². The van der Waals surface area contributed by atoms with Crippen molar-refractivity contribution in [1.82, 2.24) is 5.32 Å². The lowest BCUT2D eigenvalue weighted by Gasteiger charge is -2.21. The predicted octanol–water partition coefficient (Wildman–Crippen LogP) is 1.19. The molecule has 1 N–H and O–H groups in total. The maximum Gasteiger partial charge on any atom is 0.188 e. The highest BCUT2D eigenvalue weighted by Gasteiger charge is 2.31. The van der Waals surface area contributed by atoms with E-state index in [0.717, 1.165) is 25.6 Å². The molecule has 1 saturated heterocycles. The van der Waals surface area contributed by atoms with Gasteiger partial charge in [-0.1, -0.05) is 0 Å². The van der Waals surface area contributed by atoms with Crippen LogP contribution in [0.1, 0.15) is 26.7 Å². The summed E-state index contributed by atoms with van der Waals surface area (Å²) in [6.45, 7) is 7.17. The van der Waals surface area contributed by atoms with E-state index in [4.69, 9.17) is 4.74 Å². The minimum Gasteiger partial charge on any atom is -0.478 e. The molecule has 0 aromatic heterocycles. The lowest BCUT2D eigenvalue weighted by atomic mass is 9.99. The van der Waals surface area contributed by atoms with E-state index in [-0.39, 0.29) is 5.54 Å². The Kier molecular flexibility index (Phi) is 2.28. The van der Waals surface area contributed by atoms with Crippen molar-refractivity contribution in [3.8, 4) is 0 Å². The summed E-state index contributed by atoms with van der Waals surface area (Å²) in [5.41, 5.74) is 0.00673. The average Bonchev–Trinajstić information content (AvgIpc) is 2.48. The molecular formula is C10H18N2O. The molecule has 0 radical (unpaired) electrons. The molecule has 0 aliphatic carbocycles. The molecule has 0 aromatic rings. The highest BCUT2D eigenvalue weighted by atomic mass is 16.5. The minimum atomic E-state index is 0.00673. The number of rotatable bonds is 1. The molecule has 1 fully saturated rings. The molecule has 3 heteroatoms. The largest absolute Gasteiger partial charge is 0.478 e. The van der Waals surface area contributed by atoms with Gasteiger partial charge in [0.2, 0.25) is 0 Å². The van der Waals surface area contributed by atoms with Gasteiger partial charge in [0.15, 0.2) is 5.90 Å². The highest BCUT2D eigenvalue weighted by molar-refractivity contribution is 5.81. The number of hydrogen-bond donors (Lipinski definition) is 1. The monoisotopic (exact) mass is 182 g/mol. The van der Waals surface area contributed by atoms with E-state index in [1.54, 1.807) is 0 Å². The van der Waals surface area contributed by atoms with E-state index in [1.165, 1.54) is 12.8 Å². The Morgan fingerprint density at radius 1 is 1.54 bits per heavy atom. The number of aliphatic imine (C=N–C) groups is 1. The molecule has 3 nitrogen and oxygen atoms in total. The summed E-state index contributed by atoms with van der Waals surface area (Å²) >= 11 is 0. The van der Waals surface area contributed by atoms with Gasteiger partial charge < -0.3 is 10.1 Å². The summed E-state index contributed by atoms with van der Waals surface area (Å²) in [4.78, 5) is 4.60. The van der Waals surface area contributed by atoms with Gasteiger partial charge in [-0.15, -0.1) is 0 Å². The van der Waals surface area contributed by atoms with Crippen LogP contribution in [-0.4, -0.2) is 31.1 Å². The van der Waals surface area contributed by atoms with Gasteiger partial charge in [0.05, 0.1) is 5.54 Å². The van der Waals surface area contributed by atoms with Gasteiger partial charge >= 0.3 is 0 Å². The third-order valence-electron chi connectivity index (χ3n) is 2.63. The zero-order valence-electron chi connectivity index (χ0n) is 8.47. The van der Waals surface area contributed by atoms with Crippen molar-refractivity contribution in [3.05, 3.63) is 0 Å². The second kappa shape index (κ2) is 3.29. The fourth-order valence-corrected chi connectivity index (χ4v) is 1.89. The normalized spacial score (nSPS) is 32.5. The van der Waals surface area contributed by atoms with Crippen molar-refractivity contribution < 1.29 is 4.74 Å². The summed E-state index contributed by atoms with van der Waals surface area (Å²) in [6, 6.07) is 0. The van der Waals surface area contributed by atoms with E-state index in [2.05, 4.69) is 24.2 Å². The summed E-state index contributed by atoms with van der Waals surface area (Å²) in [5, 5.41) is 3.38. The molecule has 0 saturated carbocycles. The first-order valence-electron chi connectivity index (χ1n) is 5.11. The number of hydrogen-bond acceptors (Lipinski definition) is 3. The van der Waals surface area contributed by atoms with E-state index >= 15 is 0 Å². The lowest BCUT2D eigenvalue weighted by Crippen LogP contribution is -2.34. The second-order valence-corrected chi connectivity index (χ2v) is 4.59. The zero-order valence-corrected chi connectivity index (χ0v) is 8.47. The van der Waals surface area contributed by atoms with E-state index < -0.39 is 0 Å². The molecule has 2 heterocycles. The van der Waals surface area contributed by atoms with Crippen LogP contribution in [0.5, 0.6) is 0 Å². The van der Waals surface area contributed by atoms with Gasteiger partial charge in [-0.2, -0.15) is 0 Å². The second-order valence-electron chi connectivity index (χ2n) is 4.59. The molecule has 0 spiro atoms. The predicted molar refractivity (Wildman–Crippen MR) is 53.1 cm³/mol. The molecule has 2 aliphatic heterocycles. The van der Waals surface area contributed by atoms with Crippen LogP contribution in [0.15, 0.2) is 4.99 Å². The first kappa shape index (κ1) is 9.00. The van der Waals surface area contributed by atoms with Crippen molar-refractivity contribution >= 4 is 5.90 Å². The molecular weight excluding hydrogens is 164 g/mol. The van der Waals surface area contributed by atoms with Crippen LogP contribution in [0.25, 0.3) is 0 Å². The Morgan fingerprint density at radius 3 is 2.92 bits per heavy atom. The van der Waals surface area contributed by atoms with E-state index in [0.29, 0.717) is 5.92 Å². The molecule has 2 rings (SSSR count). The SMILES string of the molecule is CC1(C)COC(C2CCCNC2)=N1. The van der Waals surface area contributed by atoms with Gasteiger partial charge in [0, 0.05) is 12.5 Å². The smallest absolute Gasteiger partial charge is 0.188 e. The van der Waals surface area contributed by atoms with Crippen molar-refractivity contribution in [2.75, 3.05) is 19.7 Å². The fourth-order valence-electron chi connectivity index (χ4n) is 1.89. The van der Waals surface area contributed by atoms with E-state index in [1.807, 2.05) is 0 Å². The van der Waals surface area contributed by atoms with Crippen LogP contribution in [0.2, 0.25) is 0 Å². The van der Waals surface area contributed by atoms with Crippen molar-refractivity contribution in [3.63, 3.8) is 0 Å². The van der Waals surface area contributed by atoms with Gasteiger partial charge in [0.1, 0.15) is 6.61 Å². The Balaban J connectivity index is 2.00. The van der Waals surface area contributed by atoms with E-state index in [9.17, 15) is 0 Å². The zero-order chi connectivity index (χ0) is 9.31. The quantitative estimate of drug-likeness (QED) is 0.661. The fraction of sp³-hybridized carbons (Fsp3) is 0.900. The van der Waals surface area contributed by atoms with Crippen LogP contribution < -0.4 is 5.32 Å². The standard InChI is InChI=1S/C10H18N2O/c1-10(2)7-13-9(12-10)8-4-3-5-11-6-8/h8,11H,3-7H2,1-2H3. The van der Waals surface area contributed by atoms with Crippen LogP contribution in [0.3, 0.4) is 0 Å². The van der Waals surface area contributed by atoms with Crippen LogP contribution in [0.4, 0.5) is 0 Å². The first-order valence-corrected chi connectivity index (χ1v) is 5.11. The number of nitrogens with one attached hydrogen (secondary N) is 1. The molecule has 2 aliphatic rings. The van der Waals surface area contributed by atoms with Gasteiger partial charge in [-0.25, -0.2) is 4.99 Å². The topological polar surface area (TPSA) is 33.6 Å². The lowest BCUT2D eigenvalue weighted by molar-refractivity contribution is 0.258. The van der Waals surface area contributed by atoms with Crippen LogP contribution in [-0.2, 0) is 4.74 Å². The Bertz CT molecular complexity index is 217. The van der Waals surface area contributed by atoms with Crippen molar-refractivity contribution in [2.24, 2.45) is 10.9 Å². The maximum atomic E-state index is 5.62. The average molecular weight is 182 g/mol. The summed E-state index contributed by atoms with van der Waals surface area (Å²) in [7, 11) is 0.